The van der Waals surface area contributed by atoms with Gasteiger partial charge in [0.1, 0.15) is 19.8 Å². The topological polar surface area (TPSA) is 108 Å². The third-order valence-electron chi connectivity index (χ3n) is 10.9. The van der Waals surface area contributed by atoms with Crippen LogP contribution in [0, 0.1) is 0 Å². The zero-order valence-electron chi connectivity index (χ0n) is 43.3. The molecule has 0 bridgehead atoms. The van der Waals surface area contributed by atoms with E-state index >= 15 is 0 Å². The van der Waals surface area contributed by atoms with Gasteiger partial charge in [-0.25, -0.2) is 4.57 Å². The minimum absolute atomic E-state index is 0.0277. The van der Waals surface area contributed by atoms with Crippen LogP contribution in [-0.2, 0) is 32.7 Å². The van der Waals surface area contributed by atoms with E-state index in [1.807, 2.05) is 21.1 Å². The number of phosphoric acid groups is 1. The number of unbranched alkanes of at least 4 members (excludes halogenated alkanes) is 17. The molecular formula is C57H99NO8P+. The number of quaternary nitrogens is 1. The summed E-state index contributed by atoms with van der Waals surface area (Å²) in [6.45, 7) is 4.26. The van der Waals surface area contributed by atoms with Gasteiger partial charge < -0.3 is 18.9 Å². The van der Waals surface area contributed by atoms with E-state index in [1.165, 1.54) is 70.6 Å². The summed E-state index contributed by atoms with van der Waals surface area (Å²) < 4.78 is 34.3. The average Bonchev–Trinajstić information content (AvgIpc) is 3.29. The number of ether oxygens (including phenoxy) is 2. The molecule has 0 amide bonds. The van der Waals surface area contributed by atoms with Gasteiger partial charge in [0.25, 0.3) is 0 Å². The van der Waals surface area contributed by atoms with Crippen molar-refractivity contribution < 1.29 is 42.1 Å². The maximum absolute atomic E-state index is 12.7. The van der Waals surface area contributed by atoms with E-state index < -0.39 is 26.5 Å². The summed E-state index contributed by atoms with van der Waals surface area (Å²) in [5.41, 5.74) is 0. The Morgan fingerprint density at radius 2 is 0.851 bits per heavy atom. The normalized spacial score (nSPS) is 14.2. The molecule has 1 N–H and O–H groups in total. The van der Waals surface area contributed by atoms with Crippen LogP contribution in [0.2, 0.25) is 0 Å². The number of rotatable bonds is 47. The number of hydrogen-bond acceptors (Lipinski definition) is 7. The van der Waals surface area contributed by atoms with Crippen molar-refractivity contribution in [3.8, 4) is 0 Å². The molecule has 384 valence electrons. The van der Waals surface area contributed by atoms with E-state index in [0.29, 0.717) is 17.4 Å². The van der Waals surface area contributed by atoms with E-state index in [-0.39, 0.29) is 32.0 Å². The quantitative estimate of drug-likeness (QED) is 0.0211. The van der Waals surface area contributed by atoms with Gasteiger partial charge in [0.15, 0.2) is 6.10 Å². The van der Waals surface area contributed by atoms with Crippen LogP contribution in [0.5, 0.6) is 0 Å². The lowest BCUT2D eigenvalue weighted by molar-refractivity contribution is -0.870. The Kier molecular flexibility index (Phi) is 45.8. The van der Waals surface area contributed by atoms with Crippen LogP contribution in [0.3, 0.4) is 0 Å². The summed E-state index contributed by atoms with van der Waals surface area (Å²) in [7, 11) is 1.46. The highest BCUT2D eigenvalue weighted by Gasteiger charge is 2.27. The van der Waals surface area contributed by atoms with Crippen molar-refractivity contribution in [2.75, 3.05) is 47.5 Å². The second kappa shape index (κ2) is 48.0. The summed E-state index contributed by atoms with van der Waals surface area (Å²) in [5.74, 6) is -0.812. The Morgan fingerprint density at radius 3 is 1.27 bits per heavy atom. The van der Waals surface area contributed by atoms with Crippen LogP contribution in [0.1, 0.15) is 200 Å². The van der Waals surface area contributed by atoms with Crippen LogP contribution in [0.25, 0.3) is 0 Å². The Hall–Kier alpha value is -3.07. The lowest BCUT2D eigenvalue weighted by Crippen LogP contribution is -2.37. The molecule has 0 aromatic carbocycles. The molecule has 0 aliphatic carbocycles. The monoisotopic (exact) mass is 957 g/mol. The van der Waals surface area contributed by atoms with Gasteiger partial charge in [-0.2, -0.15) is 0 Å². The van der Waals surface area contributed by atoms with Crippen molar-refractivity contribution in [1.82, 2.24) is 0 Å². The van der Waals surface area contributed by atoms with E-state index in [1.54, 1.807) is 0 Å². The molecule has 0 aliphatic rings. The Labute approximate surface area is 411 Å². The number of phosphoric ester groups is 1. The van der Waals surface area contributed by atoms with Crippen molar-refractivity contribution in [2.45, 2.75) is 206 Å². The minimum atomic E-state index is -4.38. The zero-order chi connectivity index (χ0) is 49.2. The molecule has 9 nitrogen and oxygen atoms in total. The number of esters is 2. The van der Waals surface area contributed by atoms with Crippen LogP contribution < -0.4 is 0 Å². The lowest BCUT2D eigenvalue weighted by Gasteiger charge is -2.24. The molecule has 0 saturated carbocycles. The first-order valence-corrected chi connectivity index (χ1v) is 28.0. The van der Waals surface area contributed by atoms with Gasteiger partial charge in [-0.1, -0.05) is 207 Å². The third kappa shape index (κ3) is 52.2. The molecule has 67 heavy (non-hydrogen) atoms. The summed E-state index contributed by atoms with van der Waals surface area (Å²) in [5, 5.41) is 0. The zero-order valence-corrected chi connectivity index (χ0v) is 44.2. The molecule has 0 heterocycles. The predicted octanol–water partition coefficient (Wildman–Crippen LogP) is 16.1. The molecule has 0 fully saturated rings. The van der Waals surface area contributed by atoms with Crippen LogP contribution >= 0.6 is 7.82 Å². The fourth-order valence-electron chi connectivity index (χ4n) is 6.79. The minimum Gasteiger partial charge on any atom is -0.462 e. The van der Waals surface area contributed by atoms with Crippen molar-refractivity contribution in [3.63, 3.8) is 0 Å². The van der Waals surface area contributed by atoms with E-state index in [9.17, 15) is 19.0 Å². The summed E-state index contributed by atoms with van der Waals surface area (Å²) in [6.07, 6.45) is 64.9. The number of hydrogen-bond donors (Lipinski definition) is 1. The van der Waals surface area contributed by atoms with Gasteiger partial charge >= 0.3 is 19.8 Å². The molecule has 0 aliphatic heterocycles. The molecule has 0 spiro atoms. The molecule has 0 radical (unpaired) electrons. The molecule has 10 heteroatoms. The molecule has 0 saturated heterocycles. The summed E-state index contributed by atoms with van der Waals surface area (Å²) >= 11 is 0. The van der Waals surface area contributed by atoms with Crippen LogP contribution in [-0.4, -0.2) is 74.9 Å². The molecule has 0 aromatic heterocycles. The highest BCUT2D eigenvalue weighted by molar-refractivity contribution is 7.47. The highest BCUT2D eigenvalue weighted by atomic mass is 31.2. The fourth-order valence-corrected chi connectivity index (χ4v) is 7.54. The van der Waals surface area contributed by atoms with Gasteiger partial charge in [-0.05, 0) is 77.0 Å². The number of carbonyl (C=O) groups is 2. The van der Waals surface area contributed by atoms with E-state index in [4.69, 9.17) is 18.5 Å². The highest BCUT2D eigenvalue weighted by Crippen LogP contribution is 2.43. The first-order valence-electron chi connectivity index (χ1n) is 26.5. The Bertz CT molecular complexity index is 1450. The van der Waals surface area contributed by atoms with Crippen LogP contribution in [0.15, 0.2) is 97.2 Å². The van der Waals surface area contributed by atoms with Crippen LogP contribution in [0.4, 0.5) is 0 Å². The molecule has 2 unspecified atom stereocenters. The Balaban J connectivity index is 4.06. The molecule has 0 rings (SSSR count). The van der Waals surface area contributed by atoms with Gasteiger partial charge in [-0.15, -0.1) is 0 Å². The van der Waals surface area contributed by atoms with Gasteiger partial charge in [0.05, 0.1) is 27.7 Å². The maximum atomic E-state index is 12.7. The predicted molar refractivity (Wildman–Crippen MR) is 284 cm³/mol. The number of allylic oxidation sites excluding steroid dienone is 16. The Morgan fingerprint density at radius 1 is 0.478 bits per heavy atom. The fraction of sp³-hybridized carbons (Fsp3) is 0.684. The standard InChI is InChI=1S/C57H98NO8P/c1-6-8-10-12-14-16-17-18-19-20-21-22-23-24-25-26-27-28-29-30-31-32-33-34-35-36-37-38-39-40-41-42-44-46-48-50-57(60)66-55(54-65-67(61,62)64-52-51-58(3,4)5)53-63-56(59)49-47-45-43-15-13-11-9-7-2/h8,10,14,16,18-19,21-22,24-25,27-28,30-31,33-34,55H,6-7,9,11-13,15,17,20,23,26,29,32,35-54H2,1-5H3/p+1/b10-8-,16-14-,19-18-,22-21-,25-24-,28-27-,31-30-,34-33-. The summed E-state index contributed by atoms with van der Waals surface area (Å²) in [6, 6.07) is 0. The van der Waals surface area contributed by atoms with Crippen molar-refractivity contribution in [1.29, 1.82) is 0 Å². The number of carbonyl (C=O) groups excluding carboxylic acids is 2. The molecule has 2 atom stereocenters. The third-order valence-corrected chi connectivity index (χ3v) is 11.9. The largest absolute Gasteiger partial charge is 0.472 e. The molecular weight excluding hydrogens is 858 g/mol. The molecule has 0 aromatic rings. The van der Waals surface area contributed by atoms with Crippen molar-refractivity contribution in [3.05, 3.63) is 97.2 Å². The van der Waals surface area contributed by atoms with Gasteiger partial charge in [0, 0.05) is 12.8 Å². The first-order chi connectivity index (χ1) is 32.5. The van der Waals surface area contributed by atoms with E-state index in [0.717, 1.165) is 96.3 Å². The van der Waals surface area contributed by atoms with E-state index in [2.05, 4.69) is 111 Å². The first kappa shape index (κ1) is 63.9. The smallest absolute Gasteiger partial charge is 0.462 e. The maximum Gasteiger partial charge on any atom is 0.472 e. The number of nitrogens with zero attached hydrogens (tertiary/aromatic N) is 1. The second-order valence-electron chi connectivity index (χ2n) is 18.5. The average molecular weight is 957 g/mol. The summed E-state index contributed by atoms with van der Waals surface area (Å²) in [4.78, 5) is 35.3. The second-order valence-corrected chi connectivity index (χ2v) is 20.0. The SMILES string of the molecule is CC/C=C\C/C=C\C/C=C\C/C=C\C/C=C\C/C=C\C/C=C\C/C=C\CCCCCCCCCCCCC(=O)OC(COC(=O)CCCCCCCCCC)COP(=O)(O)OCC[N+](C)(C)C. The van der Waals surface area contributed by atoms with Gasteiger partial charge in [-0.3, -0.25) is 18.6 Å². The van der Waals surface area contributed by atoms with Crippen molar-refractivity contribution >= 4 is 19.8 Å². The lowest BCUT2D eigenvalue weighted by atomic mass is 10.0. The van der Waals surface area contributed by atoms with Gasteiger partial charge in [0.2, 0.25) is 0 Å². The van der Waals surface area contributed by atoms with Crippen molar-refractivity contribution in [2.24, 2.45) is 0 Å². The number of likely N-dealkylation sites (N-methyl/N-ethyl adjacent to an activating group) is 1.